The predicted octanol–water partition coefficient (Wildman–Crippen LogP) is 7.29. The van der Waals surface area contributed by atoms with Crippen LogP contribution in [0.4, 0.5) is 8.78 Å². The molecule has 2 aromatic heterocycles. The summed E-state index contributed by atoms with van der Waals surface area (Å²) in [5, 5.41) is 4.94. The van der Waals surface area contributed by atoms with Crippen LogP contribution in [0.3, 0.4) is 0 Å². The van der Waals surface area contributed by atoms with E-state index in [4.69, 9.17) is 14.8 Å². The van der Waals surface area contributed by atoms with Gasteiger partial charge in [0.25, 0.3) is 0 Å². The Bertz CT molecular complexity index is 2550. The highest BCUT2D eigenvalue weighted by Crippen LogP contribution is 2.41. The highest BCUT2D eigenvalue weighted by molar-refractivity contribution is 7.91. The van der Waals surface area contributed by atoms with Crippen LogP contribution in [0.5, 0.6) is 11.5 Å². The number of sulfone groups is 1. The van der Waals surface area contributed by atoms with Gasteiger partial charge in [-0.15, -0.1) is 0 Å². The number of nitrogens with one attached hydrogen (secondary N) is 2. The minimum absolute atomic E-state index is 0.00553. The minimum atomic E-state index is -3.69. The molecule has 1 aliphatic heterocycles. The van der Waals surface area contributed by atoms with E-state index in [1.807, 2.05) is 45.0 Å². The van der Waals surface area contributed by atoms with Crippen molar-refractivity contribution in [1.82, 2.24) is 24.5 Å². The van der Waals surface area contributed by atoms with Crippen molar-refractivity contribution in [3.05, 3.63) is 94.9 Å². The molecule has 3 aromatic carbocycles. The largest absolute Gasteiger partial charge is 0.454 e. The Morgan fingerprint density at radius 1 is 1.07 bits per heavy atom. The van der Waals surface area contributed by atoms with Crippen LogP contribution in [0.1, 0.15) is 82.3 Å². The van der Waals surface area contributed by atoms with E-state index in [-0.39, 0.29) is 47.2 Å². The van der Waals surface area contributed by atoms with Gasteiger partial charge >= 0.3 is 0 Å². The number of aryl methyl sites for hydroxylation is 2. The van der Waals surface area contributed by atoms with E-state index < -0.39 is 59.4 Å². The maximum Gasteiger partial charge on any atom is 0.237 e. The molecule has 3 heterocycles. The summed E-state index contributed by atoms with van der Waals surface area (Å²) in [4.78, 5) is 20.8. The number of nitrogens with zero attached hydrogens (tertiary/aromatic N) is 3. The van der Waals surface area contributed by atoms with Gasteiger partial charge in [-0.05, 0) is 86.3 Å². The number of hydrogen-bond donors (Lipinski definition) is 2. The van der Waals surface area contributed by atoms with Crippen LogP contribution in [-0.2, 0) is 50.0 Å². The highest BCUT2D eigenvalue weighted by atomic mass is 32.2. The Balaban J connectivity index is 1.29. The normalized spacial score (nSPS) is 20.6. The summed E-state index contributed by atoms with van der Waals surface area (Å²) in [6.45, 7) is 7.52. The molecule has 2 unspecified atom stereocenters. The van der Waals surface area contributed by atoms with E-state index in [0.29, 0.717) is 54.4 Å². The van der Waals surface area contributed by atoms with E-state index in [1.165, 1.54) is 28.9 Å². The molecule has 298 valence electrons. The first-order valence-electron chi connectivity index (χ1n) is 18.9. The summed E-state index contributed by atoms with van der Waals surface area (Å²) >= 11 is 0. The van der Waals surface area contributed by atoms with E-state index >= 15 is 8.78 Å². The van der Waals surface area contributed by atoms with Gasteiger partial charge in [0.1, 0.15) is 11.6 Å². The second kappa shape index (κ2) is 14.7. The molecule has 0 radical (unpaired) electrons. The van der Waals surface area contributed by atoms with Gasteiger partial charge in [0.2, 0.25) is 15.9 Å². The molecule has 2 aliphatic rings. The Labute approximate surface area is 326 Å². The lowest BCUT2D eigenvalue weighted by atomic mass is 9.75. The maximum absolute atomic E-state index is 15.8. The fourth-order valence-corrected chi connectivity index (χ4v) is 11.2. The fourth-order valence-electron chi connectivity index (χ4n) is 7.79. The van der Waals surface area contributed by atoms with Crippen LogP contribution < -0.4 is 9.46 Å². The van der Waals surface area contributed by atoms with E-state index in [2.05, 4.69) is 9.71 Å². The Hall–Kier alpha value is -4.63. The molecule has 2 atom stereocenters. The second-order valence-electron chi connectivity index (χ2n) is 16.4. The average Bonchev–Trinajstić information content (AvgIpc) is 3.78. The zero-order valence-corrected chi connectivity index (χ0v) is 33.8. The maximum atomic E-state index is 15.8. The highest BCUT2D eigenvalue weighted by Gasteiger charge is 2.38. The van der Waals surface area contributed by atoms with Crippen molar-refractivity contribution in [3.63, 3.8) is 0 Å². The molecule has 56 heavy (non-hydrogen) atoms. The zero-order valence-electron chi connectivity index (χ0n) is 32.2. The molecule has 1 aliphatic carbocycles. The van der Waals surface area contributed by atoms with Gasteiger partial charge in [0, 0.05) is 41.7 Å². The smallest absolute Gasteiger partial charge is 0.237 e. The molecule has 2 N–H and O–H groups in total. The third kappa shape index (κ3) is 8.24. The number of ether oxygens (including phenoxy) is 1. The van der Waals surface area contributed by atoms with Crippen LogP contribution in [0.2, 0.25) is 0 Å². The molecule has 5 aromatic rings. The molecule has 0 spiro atoms. The molecule has 11 nitrogen and oxygen atoms in total. The number of aromatic nitrogens is 4. The molecular formula is C41H47F2N5O6S2. The second-order valence-corrected chi connectivity index (χ2v) is 20.6. The Kier molecular flexibility index (Phi) is 10.4. The third-order valence-corrected chi connectivity index (χ3v) is 15.0. The first kappa shape index (κ1) is 39.6. The van der Waals surface area contributed by atoms with E-state index in [9.17, 15) is 21.6 Å². The molecule has 0 saturated heterocycles. The molecular weight excluding hydrogens is 761 g/mol. The summed E-state index contributed by atoms with van der Waals surface area (Å²) in [5.74, 6) is -2.17. The summed E-state index contributed by atoms with van der Waals surface area (Å²) in [7, 11) is -5.65. The molecule has 1 fully saturated rings. The number of sulfonamides is 1. The Morgan fingerprint density at radius 2 is 1.84 bits per heavy atom. The molecule has 7 rings (SSSR count). The van der Waals surface area contributed by atoms with Crippen LogP contribution in [0.25, 0.3) is 22.3 Å². The molecule has 1 saturated carbocycles. The van der Waals surface area contributed by atoms with Crippen molar-refractivity contribution >= 4 is 36.7 Å². The summed E-state index contributed by atoms with van der Waals surface area (Å²) in [6.07, 6.45) is 4.67. The van der Waals surface area contributed by atoms with Crippen LogP contribution in [0.15, 0.2) is 60.8 Å². The van der Waals surface area contributed by atoms with Crippen LogP contribution in [0, 0.1) is 23.0 Å². The van der Waals surface area contributed by atoms with Crippen LogP contribution in [-0.4, -0.2) is 59.2 Å². The summed E-state index contributed by atoms with van der Waals surface area (Å²) in [5.41, 5.74) is 1.13. The molecule has 1 amide bonds. The van der Waals surface area contributed by atoms with Gasteiger partial charge in [-0.1, -0.05) is 51.5 Å². The molecule has 15 heteroatoms. The standard InChI is InChI=1S/C41H47F2N5O6S2/c1-25(38(49)47-56(52,53)29-11-12-29)20-26-8-6-9-27(21-26)41(4)17-7-16-40(2,3)24-55(50,51)19-15-31-30-14-18-44-35(30)23-34(43)36(31)54-28-10-13-33(42)32(22-28)37-45-39(41)46-48(37)5/h6,8-10,13-14,18,21-23,25,29,44H,7,11-12,15-17,19-20,24H2,1-5H3,(H,47,49). The lowest BCUT2D eigenvalue weighted by Gasteiger charge is -2.31. The van der Waals surface area contributed by atoms with Crippen molar-refractivity contribution in [2.75, 3.05) is 11.5 Å². The van der Waals surface area contributed by atoms with Gasteiger partial charge in [-0.25, -0.2) is 35.3 Å². The van der Waals surface area contributed by atoms with E-state index in [1.54, 1.807) is 26.2 Å². The lowest BCUT2D eigenvalue weighted by Crippen LogP contribution is -2.37. The van der Waals surface area contributed by atoms with Gasteiger partial charge in [-0.2, -0.15) is 5.10 Å². The number of hydrogen-bond acceptors (Lipinski definition) is 8. The number of rotatable bonds is 6. The lowest BCUT2D eigenvalue weighted by molar-refractivity contribution is -0.122. The summed E-state index contributed by atoms with van der Waals surface area (Å²) in [6, 6.07) is 14.7. The number of halogens is 2. The summed E-state index contributed by atoms with van der Waals surface area (Å²) < 4.78 is 93.7. The van der Waals surface area contributed by atoms with Gasteiger partial charge < -0.3 is 9.72 Å². The first-order chi connectivity index (χ1) is 26.3. The Morgan fingerprint density at radius 3 is 2.59 bits per heavy atom. The first-order valence-corrected chi connectivity index (χ1v) is 22.2. The molecule has 4 bridgehead atoms. The minimum Gasteiger partial charge on any atom is -0.454 e. The van der Waals surface area contributed by atoms with Crippen molar-refractivity contribution in [2.24, 2.45) is 18.4 Å². The average molecular weight is 808 g/mol. The number of amides is 1. The number of fused-ring (bicyclic) bond motifs is 8. The van der Waals surface area contributed by atoms with Crippen molar-refractivity contribution < 1.29 is 35.1 Å². The third-order valence-electron chi connectivity index (χ3n) is 11.1. The fraction of sp³-hybridized carbons (Fsp3) is 0.439. The van der Waals surface area contributed by atoms with Gasteiger partial charge in [-0.3, -0.25) is 9.52 Å². The van der Waals surface area contributed by atoms with Crippen molar-refractivity contribution in [3.8, 4) is 22.9 Å². The number of aromatic amines is 1. The predicted molar refractivity (Wildman–Crippen MR) is 211 cm³/mol. The van der Waals surface area contributed by atoms with Gasteiger partial charge in [0.05, 0.1) is 27.7 Å². The quantitative estimate of drug-likeness (QED) is 0.181. The van der Waals surface area contributed by atoms with Crippen molar-refractivity contribution in [2.45, 2.75) is 83.3 Å². The number of benzene rings is 3. The van der Waals surface area contributed by atoms with E-state index in [0.717, 1.165) is 11.1 Å². The SMILES string of the molecule is CC(Cc1cccc(C2(C)CCCC(C)(C)CS(=O)(=O)CCc3c(c(F)cc4[nH]ccc34)Oc3ccc(F)c(c3)-c3nc2nn3C)c1)C(=O)NS(=O)(=O)C1CC1. The monoisotopic (exact) mass is 807 g/mol. The number of carbonyl (C=O) groups excluding carboxylic acids is 1. The van der Waals surface area contributed by atoms with Gasteiger partial charge in [0.15, 0.2) is 33.1 Å². The number of H-pyrrole nitrogens is 1. The topological polar surface area (TPSA) is 153 Å². The number of carbonyl (C=O) groups is 1. The van der Waals surface area contributed by atoms with Crippen molar-refractivity contribution in [1.29, 1.82) is 0 Å². The zero-order chi connectivity index (χ0) is 40.2. The van der Waals surface area contributed by atoms with Crippen LogP contribution >= 0.6 is 0 Å².